The fraction of sp³-hybridized carbons (Fsp3) is 0.500. The molecule has 0 aliphatic carbocycles. The van der Waals surface area contributed by atoms with Gasteiger partial charge in [0.05, 0.1) is 6.61 Å². The van der Waals surface area contributed by atoms with Crippen LogP contribution in [0.2, 0.25) is 0 Å². The summed E-state index contributed by atoms with van der Waals surface area (Å²) in [6, 6.07) is 1.27. The first-order chi connectivity index (χ1) is 6.13. The number of hydrogen-bond acceptors (Lipinski definition) is 4. The molecule has 1 rings (SSSR count). The molecule has 1 atom stereocenters. The van der Waals surface area contributed by atoms with Crippen molar-refractivity contribution in [1.82, 2.24) is 10.5 Å². The highest BCUT2D eigenvalue weighted by atomic mass is 16.5. The van der Waals surface area contributed by atoms with Crippen LogP contribution in [0.3, 0.4) is 0 Å². The van der Waals surface area contributed by atoms with Crippen LogP contribution >= 0.6 is 0 Å². The molecule has 0 saturated heterocycles. The van der Waals surface area contributed by atoms with Crippen LogP contribution in [-0.2, 0) is 0 Å². The van der Waals surface area contributed by atoms with Gasteiger partial charge < -0.3 is 14.9 Å². The fourth-order valence-corrected chi connectivity index (χ4v) is 0.817. The van der Waals surface area contributed by atoms with E-state index in [1.165, 1.54) is 0 Å². The summed E-state index contributed by atoms with van der Waals surface area (Å²) in [5.41, 5.74) is 0.234. The van der Waals surface area contributed by atoms with Gasteiger partial charge in [-0.1, -0.05) is 5.16 Å². The topological polar surface area (TPSA) is 75.4 Å². The van der Waals surface area contributed by atoms with Crippen molar-refractivity contribution in [2.75, 3.05) is 6.61 Å². The summed E-state index contributed by atoms with van der Waals surface area (Å²) in [5.74, 6) is 0.250. The number of aliphatic hydroxyl groups excluding tert-OH is 1. The second-order valence-corrected chi connectivity index (χ2v) is 2.88. The Bertz CT molecular complexity index is 295. The zero-order valence-electron chi connectivity index (χ0n) is 7.57. The number of aryl methyl sites for hydroxylation is 1. The molecule has 1 amide bonds. The zero-order chi connectivity index (χ0) is 9.84. The first kappa shape index (κ1) is 9.73. The van der Waals surface area contributed by atoms with E-state index in [1.807, 2.05) is 0 Å². The maximum Gasteiger partial charge on any atom is 0.273 e. The van der Waals surface area contributed by atoms with Crippen molar-refractivity contribution in [3.8, 4) is 0 Å². The van der Waals surface area contributed by atoms with Gasteiger partial charge in [-0.25, -0.2) is 0 Å². The minimum absolute atomic E-state index is 0.0947. The van der Waals surface area contributed by atoms with Crippen molar-refractivity contribution >= 4 is 5.91 Å². The van der Waals surface area contributed by atoms with E-state index >= 15 is 0 Å². The quantitative estimate of drug-likeness (QED) is 0.698. The van der Waals surface area contributed by atoms with Crippen molar-refractivity contribution in [2.45, 2.75) is 19.9 Å². The van der Waals surface area contributed by atoms with Gasteiger partial charge in [0.2, 0.25) is 0 Å². The lowest BCUT2D eigenvalue weighted by molar-refractivity contribution is 0.0913. The summed E-state index contributed by atoms with van der Waals surface area (Å²) in [6.07, 6.45) is 0. The highest BCUT2D eigenvalue weighted by Gasteiger charge is 2.12. The average Bonchev–Trinajstić information content (AvgIpc) is 2.51. The monoisotopic (exact) mass is 184 g/mol. The lowest BCUT2D eigenvalue weighted by Gasteiger charge is -2.07. The predicted molar refractivity (Wildman–Crippen MR) is 45.3 cm³/mol. The molecule has 72 valence electrons. The standard InChI is InChI=1S/C8H12N2O3/c1-5(4-11)9-8(12)7-3-6(2)13-10-7/h3,5,11H,4H2,1-2H3,(H,9,12)/t5-/m1/s1. The van der Waals surface area contributed by atoms with E-state index in [2.05, 4.69) is 10.5 Å². The number of carbonyl (C=O) groups excluding carboxylic acids is 1. The number of amides is 1. The highest BCUT2D eigenvalue weighted by Crippen LogP contribution is 2.01. The van der Waals surface area contributed by atoms with E-state index < -0.39 is 0 Å². The van der Waals surface area contributed by atoms with E-state index in [0.29, 0.717) is 5.76 Å². The Hall–Kier alpha value is -1.36. The summed E-state index contributed by atoms with van der Waals surface area (Å²) >= 11 is 0. The van der Waals surface area contributed by atoms with E-state index in [4.69, 9.17) is 9.63 Å². The zero-order valence-corrected chi connectivity index (χ0v) is 7.57. The van der Waals surface area contributed by atoms with Crippen LogP contribution in [0.5, 0.6) is 0 Å². The number of carbonyl (C=O) groups is 1. The summed E-state index contributed by atoms with van der Waals surface area (Å²) in [5, 5.41) is 14.8. The molecule has 5 heteroatoms. The van der Waals surface area contributed by atoms with Gasteiger partial charge in [0.1, 0.15) is 5.76 Å². The van der Waals surface area contributed by atoms with Gasteiger partial charge in [0.15, 0.2) is 5.69 Å². The van der Waals surface area contributed by atoms with Crippen LogP contribution in [0, 0.1) is 6.92 Å². The van der Waals surface area contributed by atoms with E-state index in [1.54, 1.807) is 19.9 Å². The lowest BCUT2D eigenvalue weighted by Crippen LogP contribution is -2.35. The Morgan fingerprint density at radius 2 is 2.54 bits per heavy atom. The molecule has 13 heavy (non-hydrogen) atoms. The van der Waals surface area contributed by atoms with Crippen molar-refractivity contribution < 1.29 is 14.4 Å². The van der Waals surface area contributed by atoms with Crippen molar-refractivity contribution in [3.05, 3.63) is 17.5 Å². The molecular weight excluding hydrogens is 172 g/mol. The number of aromatic nitrogens is 1. The van der Waals surface area contributed by atoms with Gasteiger partial charge in [0, 0.05) is 12.1 Å². The number of nitrogens with zero attached hydrogens (tertiary/aromatic N) is 1. The highest BCUT2D eigenvalue weighted by molar-refractivity contribution is 5.92. The summed E-state index contributed by atoms with van der Waals surface area (Å²) in [6.45, 7) is 3.31. The number of aliphatic hydroxyl groups is 1. The molecule has 0 spiro atoms. The molecule has 2 N–H and O–H groups in total. The van der Waals surface area contributed by atoms with E-state index in [9.17, 15) is 4.79 Å². The molecule has 0 aliphatic heterocycles. The summed E-state index contributed by atoms with van der Waals surface area (Å²) in [7, 11) is 0. The molecule has 0 aliphatic rings. The van der Waals surface area contributed by atoms with E-state index in [-0.39, 0.29) is 24.2 Å². The third-order valence-corrected chi connectivity index (χ3v) is 1.51. The van der Waals surface area contributed by atoms with Crippen LogP contribution in [-0.4, -0.2) is 28.8 Å². The Labute approximate surface area is 75.7 Å². The summed E-state index contributed by atoms with van der Waals surface area (Å²) in [4.78, 5) is 11.3. The van der Waals surface area contributed by atoms with Crippen molar-refractivity contribution in [1.29, 1.82) is 0 Å². The molecule has 1 heterocycles. The average molecular weight is 184 g/mol. The maximum absolute atomic E-state index is 11.3. The van der Waals surface area contributed by atoms with Crippen LogP contribution in [0.4, 0.5) is 0 Å². The van der Waals surface area contributed by atoms with Crippen molar-refractivity contribution in [3.63, 3.8) is 0 Å². The molecule has 0 aromatic carbocycles. The molecule has 0 saturated carbocycles. The van der Waals surface area contributed by atoms with E-state index in [0.717, 1.165) is 0 Å². The Morgan fingerprint density at radius 3 is 3.00 bits per heavy atom. The van der Waals surface area contributed by atoms with Gasteiger partial charge >= 0.3 is 0 Å². The van der Waals surface area contributed by atoms with Crippen LogP contribution < -0.4 is 5.32 Å². The minimum atomic E-state index is -0.335. The molecule has 0 unspecified atom stereocenters. The molecule has 0 bridgehead atoms. The van der Waals surface area contributed by atoms with Gasteiger partial charge in [-0.3, -0.25) is 4.79 Å². The molecule has 0 fully saturated rings. The SMILES string of the molecule is Cc1cc(C(=O)N[C@H](C)CO)no1. The number of rotatable bonds is 3. The third kappa shape index (κ3) is 2.55. The molecule has 1 aromatic heterocycles. The van der Waals surface area contributed by atoms with Crippen LogP contribution in [0.15, 0.2) is 10.6 Å². The first-order valence-corrected chi connectivity index (χ1v) is 3.98. The Kier molecular flexibility index (Phi) is 3.02. The smallest absolute Gasteiger partial charge is 0.273 e. The van der Waals surface area contributed by atoms with Gasteiger partial charge in [0.25, 0.3) is 5.91 Å². The number of hydrogen-bond donors (Lipinski definition) is 2. The Balaban J connectivity index is 2.58. The normalized spacial score (nSPS) is 12.5. The van der Waals surface area contributed by atoms with Crippen molar-refractivity contribution in [2.24, 2.45) is 0 Å². The molecular formula is C8H12N2O3. The summed E-state index contributed by atoms with van der Waals surface area (Å²) < 4.78 is 4.73. The van der Waals surface area contributed by atoms with Crippen LogP contribution in [0.1, 0.15) is 23.2 Å². The second kappa shape index (κ2) is 4.04. The van der Waals surface area contributed by atoms with Gasteiger partial charge in [-0.2, -0.15) is 0 Å². The predicted octanol–water partition coefficient (Wildman–Crippen LogP) is 0.0936. The fourth-order valence-electron chi connectivity index (χ4n) is 0.817. The molecule has 1 aromatic rings. The molecule has 0 radical (unpaired) electrons. The maximum atomic E-state index is 11.3. The minimum Gasteiger partial charge on any atom is -0.394 e. The van der Waals surface area contributed by atoms with Crippen LogP contribution in [0.25, 0.3) is 0 Å². The van der Waals surface area contributed by atoms with Gasteiger partial charge in [-0.05, 0) is 13.8 Å². The van der Waals surface area contributed by atoms with Gasteiger partial charge in [-0.15, -0.1) is 0 Å². The Morgan fingerprint density at radius 1 is 1.85 bits per heavy atom. The lowest BCUT2D eigenvalue weighted by atomic mass is 10.3. The third-order valence-electron chi connectivity index (χ3n) is 1.51. The first-order valence-electron chi connectivity index (χ1n) is 3.98. The largest absolute Gasteiger partial charge is 0.394 e. The molecule has 5 nitrogen and oxygen atoms in total. The number of nitrogens with one attached hydrogen (secondary N) is 1. The second-order valence-electron chi connectivity index (χ2n) is 2.88.